The number of para-hydroxylation sites is 2. The van der Waals surface area contributed by atoms with Gasteiger partial charge in [0, 0.05) is 38.0 Å². The van der Waals surface area contributed by atoms with Gasteiger partial charge in [-0.25, -0.2) is 0 Å². The highest BCUT2D eigenvalue weighted by atomic mass is 15.0. The summed E-state index contributed by atoms with van der Waals surface area (Å²) in [7, 11) is 0. The topological polar surface area (TPSA) is 9.34 Å². The van der Waals surface area contributed by atoms with Gasteiger partial charge in [-0.15, -0.1) is 0 Å². The molecule has 260 valence electrons. The van der Waals surface area contributed by atoms with Gasteiger partial charge in [0.2, 0.25) is 0 Å². The average molecular weight is 711 g/mol. The van der Waals surface area contributed by atoms with Crippen LogP contribution in [0.2, 0.25) is 0 Å². The molecule has 0 saturated heterocycles. The van der Waals surface area contributed by atoms with Crippen molar-refractivity contribution in [2.45, 2.75) is 0 Å². The van der Waals surface area contributed by atoms with Crippen LogP contribution in [0.1, 0.15) is 0 Å². The molecule has 12 aromatic rings. The summed E-state index contributed by atoms with van der Waals surface area (Å²) in [5, 5.41) is 7.68. The number of nitrogens with zero attached hydrogens (tertiary/aromatic N) is 2. The maximum Gasteiger partial charge on any atom is 0.0628 e. The van der Waals surface area contributed by atoms with Gasteiger partial charge in [-0.3, -0.25) is 0 Å². The molecule has 12 rings (SSSR count). The third-order valence-corrected chi connectivity index (χ3v) is 11.8. The fourth-order valence-corrected chi connectivity index (χ4v) is 9.30. The minimum absolute atomic E-state index is 1.16. The number of benzene rings is 9. The van der Waals surface area contributed by atoms with Gasteiger partial charge >= 0.3 is 0 Å². The number of aromatic nitrogens is 2. The molecule has 3 heterocycles. The van der Waals surface area contributed by atoms with Crippen molar-refractivity contribution < 1.29 is 0 Å². The van der Waals surface area contributed by atoms with Crippen molar-refractivity contribution in [3.05, 3.63) is 206 Å². The van der Waals surface area contributed by atoms with Crippen LogP contribution in [0.25, 0.3) is 110 Å². The molecule has 0 radical (unpaired) electrons. The lowest BCUT2D eigenvalue weighted by molar-refractivity contribution is 1.18. The summed E-state index contributed by atoms with van der Waals surface area (Å²) in [5.41, 5.74) is 17.1. The Morgan fingerprint density at radius 2 is 0.732 bits per heavy atom. The molecule has 0 unspecified atom stereocenters. The SMILES string of the molecule is c1ccc(-c2cccc(-c3ccc4c(c3)c3cc5c(c6ccccc6n5-c5ccccc5)c5c6cc(-c7cccc(-c8ccccc8)c7)ccc6n4c35)c2)cc1. The Bertz CT molecular complexity index is 3440. The van der Waals surface area contributed by atoms with Crippen molar-refractivity contribution >= 4 is 59.9 Å². The van der Waals surface area contributed by atoms with Crippen molar-refractivity contribution in [2.75, 3.05) is 0 Å². The van der Waals surface area contributed by atoms with E-state index >= 15 is 0 Å². The Labute approximate surface area is 324 Å². The van der Waals surface area contributed by atoms with Crippen LogP contribution in [-0.4, -0.2) is 8.97 Å². The largest absolute Gasteiger partial charge is 0.309 e. The van der Waals surface area contributed by atoms with E-state index in [1.807, 2.05) is 0 Å². The van der Waals surface area contributed by atoms with Gasteiger partial charge in [0.1, 0.15) is 0 Å². The molecule has 9 aromatic carbocycles. The van der Waals surface area contributed by atoms with Crippen LogP contribution in [0.5, 0.6) is 0 Å². The van der Waals surface area contributed by atoms with Crippen LogP contribution in [0.15, 0.2) is 206 Å². The summed E-state index contributed by atoms with van der Waals surface area (Å²) in [6.07, 6.45) is 0. The second kappa shape index (κ2) is 12.0. The van der Waals surface area contributed by atoms with Crippen molar-refractivity contribution in [3.63, 3.8) is 0 Å². The van der Waals surface area contributed by atoms with Crippen molar-refractivity contribution in [2.24, 2.45) is 0 Å². The molecule has 2 heteroatoms. The summed E-state index contributed by atoms with van der Waals surface area (Å²) < 4.78 is 4.99. The first-order valence-electron chi connectivity index (χ1n) is 19.3. The zero-order valence-corrected chi connectivity index (χ0v) is 30.5. The summed E-state index contributed by atoms with van der Waals surface area (Å²) in [6, 6.07) is 75.6. The van der Waals surface area contributed by atoms with Crippen LogP contribution < -0.4 is 0 Å². The smallest absolute Gasteiger partial charge is 0.0628 e. The summed E-state index contributed by atoms with van der Waals surface area (Å²) in [5.74, 6) is 0. The fraction of sp³-hybridized carbons (Fsp3) is 0. The Morgan fingerprint density at radius 1 is 0.250 bits per heavy atom. The molecule has 3 aromatic heterocycles. The van der Waals surface area contributed by atoms with Gasteiger partial charge in [0.25, 0.3) is 0 Å². The van der Waals surface area contributed by atoms with E-state index in [1.54, 1.807) is 0 Å². The van der Waals surface area contributed by atoms with E-state index in [-0.39, 0.29) is 0 Å². The molecule has 0 fully saturated rings. The third kappa shape index (κ3) is 4.57. The Kier molecular flexibility index (Phi) is 6.66. The first-order valence-corrected chi connectivity index (χ1v) is 19.3. The third-order valence-electron chi connectivity index (χ3n) is 11.8. The molecule has 0 spiro atoms. The van der Waals surface area contributed by atoms with Gasteiger partial charge < -0.3 is 8.97 Å². The molecule has 0 N–H and O–H groups in total. The quantitative estimate of drug-likeness (QED) is 0.168. The van der Waals surface area contributed by atoms with E-state index in [0.717, 1.165) is 5.69 Å². The number of fused-ring (bicyclic) bond motifs is 10. The molecular weight excluding hydrogens is 677 g/mol. The highest BCUT2D eigenvalue weighted by Crippen LogP contribution is 2.48. The maximum absolute atomic E-state index is 2.53. The first kappa shape index (κ1) is 31.0. The molecule has 56 heavy (non-hydrogen) atoms. The highest BCUT2D eigenvalue weighted by molar-refractivity contribution is 6.36. The first-order chi connectivity index (χ1) is 27.8. The van der Waals surface area contributed by atoms with E-state index in [1.165, 1.54) is 104 Å². The zero-order chi connectivity index (χ0) is 36.7. The second-order valence-electron chi connectivity index (χ2n) is 14.9. The van der Waals surface area contributed by atoms with E-state index in [4.69, 9.17) is 0 Å². The second-order valence-corrected chi connectivity index (χ2v) is 14.9. The lowest BCUT2D eigenvalue weighted by Gasteiger charge is -2.09. The molecule has 0 aliphatic carbocycles. The zero-order valence-electron chi connectivity index (χ0n) is 30.5. The summed E-state index contributed by atoms with van der Waals surface area (Å²) in [4.78, 5) is 0. The summed E-state index contributed by atoms with van der Waals surface area (Å²) in [6.45, 7) is 0. The molecule has 0 amide bonds. The van der Waals surface area contributed by atoms with E-state index in [9.17, 15) is 0 Å². The van der Waals surface area contributed by atoms with Crippen molar-refractivity contribution in [1.82, 2.24) is 8.97 Å². The van der Waals surface area contributed by atoms with Crippen LogP contribution in [0.3, 0.4) is 0 Å². The molecule has 0 aliphatic heterocycles. The van der Waals surface area contributed by atoms with Gasteiger partial charge in [-0.05, 0) is 105 Å². The van der Waals surface area contributed by atoms with E-state index in [0.29, 0.717) is 0 Å². The van der Waals surface area contributed by atoms with Crippen LogP contribution in [0.4, 0.5) is 0 Å². The number of hydrogen-bond donors (Lipinski definition) is 0. The van der Waals surface area contributed by atoms with Gasteiger partial charge in [0.05, 0.1) is 27.6 Å². The van der Waals surface area contributed by atoms with Crippen LogP contribution in [0, 0.1) is 0 Å². The van der Waals surface area contributed by atoms with Crippen LogP contribution >= 0.6 is 0 Å². The summed E-state index contributed by atoms with van der Waals surface area (Å²) >= 11 is 0. The van der Waals surface area contributed by atoms with Crippen molar-refractivity contribution in [1.29, 1.82) is 0 Å². The molecular formula is C54H34N2. The average Bonchev–Trinajstić information content (AvgIpc) is 3.91. The predicted molar refractivity (Wildman–Crippen MR) is 237 cm³/mol. The lowest BCUT2D eigenvalue weighted by Crippen LogP contribution is -1.92. The monoisotopic (exact) mass is 710 g/mol. The standard InChI is InChI=1S/C54H34N2/c1-4-14-35(15-5-1)37-18-12-20-39(30-37)41-26-28-49-45(32-41)46-34-51-52(44-24-10-11-25-48(44)55(51)43-22-8-3-9-23-43)53-47-33-42(27-29-50(47)56(49)54(46)53)40-21-13-19-38(31-40)36-16-6-2-7-17-36/h1-34H. The minimum atomic E-state index is 1.16. The fourth-order valence-electron chi connectivity index (χ4n) is 9.30. The van der Waals surface area contributed by atoms with E-state index < -0.39 is 0 Å². The minimum Gasteiger partial charge on any atom is -0.309 e. The Morgan fingerprint density at radius 3 is 1.36 bits per heavy atom. The Balaban J connectivity index is 1.17. The van der Waals surface area contributed by atoms with Crippen molar-refractivity contribution in [3.8, 4) is 50.2 Å². The van der Waals surface area contributed by atoms with Gasteiger partial charge in [0.15, 0.2) is 0 Å². The number of hydrogen-bond acceptors (Lipinski definition) is 0. The predicted octanol–water partition coefficient (Wildman–Crippen LogP) is 14.6. The molecule has 0 bridgehead atoms. The van der Waals surface area contributed by atoms with Gasteiger partial charge in [-0.1, -0.05) is 146 Å². The van der Waals surface area contributed by atoms with Gasteiger partial charge in [-0.2, -0.15) is 0 Å². The molecule has 0 aliphatic rings. The molecule has 0 atom stereocenters. The van der Waals surface area contributed by atoms with Crippen LogP contribution in [-0.2, 0) is 0 Å². The Hall–Kier alpha value is -7.42. The highest BCUT2D eigenvalue weighted by Gasteiger charge is 2.25. The lowest BCUT2D eigenvalue weighted by atomic mass is 9.96. The normalized spacial score (nSPS) is 11.9. The maximum atomic E-state index is 2.53. The number of rotatable bonds is 5. The molecule has 0 saturated carbocycles. The van der Waals surface area contributed by atoms with E-state index in [2.05, 4.69) is 215 Å². The molecule has 2 nitrogen and oxygen atoms in total.